The maximum absolute atomic E-state index is 14.1. The molecule has 0 fully saturated rings. The molecule has 0 aliphatic heterocycles. The van der Waals surface area contributed by atoms with Crippen molar-refractivity contribution in [2.45, 2.75) is 252 Å². The van der Waals surface area contributed by atoms with Gasteiger partial charge in [-0.1, -0.05) is 234 Å². The van der Waals surface area contributed by atoms with Crippen molar-refractivity contribution in [2.75, 3.05) is 0 Å². The second-order valence-electron chi connectivity index (χ2n) is 16.5. The van der Waals surface area contributed by atoms with Crippen LogP contribution in [0.15, 0.2) is 0 Å². The molecule has 2 heteroatoms. The van der Waals surface area contributed by atoms with E-state index in [9.17, 15) is 4.80 Å². The van der Waals surface area contributed by atoms with E-state index >= 15 is 0 Å². The fraction of sp³-hybridized carbons (Fsp3) is 1.00. The largest absolute Gasteiger partial charge is 0.297 e. The minimum absolute atomic E-state index is 0.866. The van der Waals surface area contributed by atoms with Crippen LogP contribution in [0.4, 0.5) is 0 Å². The highest BCUT2D eigenvalue weighted by Crippen LogP contribution is 2.28. The highest BCUT2D eigenvalue weighted by molar-refractivity contribution is 6.72. The zero-order chi connectivity index (χ0) is 32.6. The highest BCUT2D eigenvalue weighted by Gasteiger charge is 2.31. The van der Waals surface area contributed by atoms with Gasteiger partial charge in [0, 0.05) is 0 Å². The summed E-state index contributed by atoms with van der Waals surface area (Å²) in [7, 11) is -2.30. The molecule has 0 N–H and O–H groups in total. The average molecular weight is 636 g/mol. The van der Waals surface area contributed by atoms with E-state index in [1.54, 1.807) is 0 Å². The molecule has 0 atom stereocenters. The first-order chi connectivity index (χ1) is 21.2. The SMILES string of the molecule is CC(C)CCCCCCCCCCC[Si]([O])(CCCCCCCCCCCC(C)C)CCCCCCCCCCCC(C)C. The molecule has 0 bridgehead atoms. The molecule has 0 aromatic heterocycles. The van der Waals surface area contributed by atoms with Gasteiger partial charge in [-0.25, -0.2) is 0 Å². The van der Waals surface area contributed by atoms with Gasteiger partial charge >= 0.3 is 0 Å². The molecule has 0 aromatic carbocycles. The quantitative estimate of drug-likeness (QED) is 0.0482. The lowest BCUT2D eigenvalue weighted by atomic mass is 10.0. The molecule has 0 rings (SSSR count). The van der Waals surface area contributed by atoms with E-state index in [0.29, 0.717) is 0 Å². The molecule has 0 spiro atoms. The van der Waals surface area contributed by atoms with Crippen molar-refractivity contribution in [3.05, 3.63) is 0 Å². The second kappa shape index (κ2) is 33.1. The zero-order valence-corrected chi connectivity index (χ0v) is 33.0. The van der Waals surface area contributed by atoms with Crippen LogP contribution in [0.5, 0.6) is 0 Å². The van der Waals surface area contributed by atoms with E-state index in [4.69, 9.17) is 0 Å². The van der Waals surface area contributed by atoms with Crippen molar-refractivity contribution in [2.24, 2.45) is 17.8 Å². The van der Waals surface area contributed by atoms with Gasteiger partial charge in [0.25, 0.3) is 0 Å². The maximum Gasteiger partial charge on any atom is 0.237 e. The summed E-state index contributed by atoms with van der Waals surface area (Å²) in [5.74, 6) is 2.60. The Bertz CT molecular complexity index is 468. The van der Waals surface area contributed by atoms with Crippen molar-refractivity contribution >= 4 is 8.32 Å². The Morgan fingerprint density at radius 1 is 0.273 bits per heavy atom. The van der Waals surface area contributed by atoms with Gasteiger partial charge in [-0.15, -0.1) is 0 Å². The third kappa shape index (κ3) is 35.0. The molecule has 0 unspecified atom stereocenters. The van der Waals surface area contributed by atoms with E-state index in [0.717, 1.165) is 35.9 Å². The summed E-state index contributed by atoms with van der Waals surface area (Å²) in [6.45, 7) is 14.1. The Morgan fingerprint density at radius 3 is 0.614 bits per heavy atom. The van der Waals surface area contributed by atoms with Crippen molar-refractivity contribution in [1.29, 1.82) is 0 Å². The van der Waals surface area contributed by atoms with Crippen LogP contribution in [0.2, 0.25) is 18.1 Å². The summed E-state index contributed by atoms with van der Waals surface area (Å²) in [5.41, 5.74) is 0. The molecule has 0 aliphatic rings. The summed E-state index contributed by atoms with van der Waals surface area (Å²) >= 11 is 0. The van der Waals surface area contributed by atoms with Gasteiger partial charge in [0.1, 0.15) is 0 Å². The molecule has 0 saturated heterocycles. The molecule has 44 heavy (non-hydrogen) atoms. The minimum Gasteiger partial charge on any atom is -0.297 e. The number of hydrogen-bond donors (Lipinski definition) is 0. The van der Waals surface area contributed by atoms with Crippen LogP contribution in [-0.4, -0.2) is 8.32 Å². The Balaban J connectivity index is 4.10. The first-order valence-corrected chi connectivity index (χ1v) is 23.5. The van der Waals surface area contributed by atoms with Gasteiger partial charge < -0.3 is 0 Å². The molecular formula is C42H87OSi. The third-order valence-corrected chi connectivity index (χ3v) is 14.0. The van der Waals surface area contributed by atoms with Gasteiger partial charge in [-0.3, -0.25) is 4.80 Å². The molecule has 0 saturated carbocycles. The Morgan fingerprint density at radius 2 is 0.432 bits per heavy atom. The smallest absolute Gasteiger partial charge is 0.237 e. The number of hydrogen-bond acceptors (Lipinski definition) is 0. The lowest BCUT2D eigenvalue weighted by molar-refractivity contribution is 0.397. The first-order valence-electron chi connectivity index (χ1n) is 21.0. The van der Waals surface area contributed by atoms with Crippen LogP contribution in [0.1, 0.15) is 234 Å². The fourth-order valence-electron chi connectivity index (χ4n) is 7.09. The van der Waals surface area contributed by atoms with E-state index < -0.39 is 8.32 Å². The number of rotatable bonds is 36. The molecule has 0 amide bonds. The van der Waals surface area contributed by atoms with Crippen molar-refractivity contribution < 1.29 is 4.80 Å². The van der Waals surface area contributed by atoms with Gasteiger partial charge in [0.05, 0.1) is 0 Å². The summed E-state index contributed by atoms with van der Waals surface area (Å²) in [4.78, 5) is 14.1. The molecule has 0 aromatic rings. The molecule has 0 heterocycles. The van der Waals surface area contributed by atoms with E-state index in [1.807, 2.05) is 0 Å². The minimum atomic E-state index is -2.30. The first kappa shape index (κ1) is 44.2. The molecule has 0 aliphatic carbocycles. The molecular weight excluding hydrogens is 549 g/mol. The maximum atomic E-state index is 14.1. The van der Waals surface area contributed by atoms with Crippen LogP contribution in [0.3, 0.4) is 0 Å². The lowest BCUT2D eigenvalue weighted by Gasteiger charge is -2.23. The van der Waals surface area contributed by atoms with Gasteiger partial charge in [-0.2, -0.15) is 0 Å². The van der Waals surface area contributed by atoms with E-state index in [-0.39, 0.29) is 0 Å². The average Bonchev–Trinajstić information content (AvgIpc) is 2.97. The van der Waals surface area contributed by atoms with E-state index in [1.165, 1.54) is 193 Å². The zero-order valence-electron chi connectivity index (χ0n) is 32.0. The molecule has 1 nitrogen and oxygen atoms in total. The Kier molecular flexibility index (Phi) is 33.2. The normalized spacial score (nSPS) is 12.4. The van der Waals surface area contributed by atoms with E-state index in [2.05, 4.69) is 41.5 Å². The fourth-order valence-corrected chi connectivity index (χ4v) is 10.5. The van der Waals surface area contributed by atoms with Crippen LogP contribution in [-0.2, 0) is 4.80 Å². The van der Waals surface area contributed by atoms with Gasteiger partial charge in [0.2, 0.25) is 8.32 Å². The third-order valence-electron chi connectivity index (χ3n) is 10.2. The van der Waals surface area contributed by atoms with Crippen LogP contribution in [0, 0.1) is 17.8 Å². The van der Waals surface area contributed by atoms with Crippen molar-refractivity contribution in [3.8, 4) is 0 Å². The Labute approximate surface area is 282 Å². The van der Waals surface area contributed by atoms with Gasteiger partial charge in [-0.05, 0) is 35.9 Å². The topological polar surface area (TPSA) is 19.9 Å². The van der Waals surface area contributed by atoms with Crippen molar-refractivity contribution in [1.82, 2.24) is 0 Å². The predicted molar refractivity (Wildman–Crippen MR) is 204 cm³/mol. The monoisotopic (exact) mass is 636 g/mol. The lowest BCUT2D eigenvalue weighted by Crippen LogP contribution is -2.32. The second-order valence-corrected chi connectivity index (χ2v) is 20.4. The standard InChI is InChI=1S/C42H87OSi/c1-40(2)34-28-22-16-10-7-13-19-25-31-37-44(43,38-32-26-20-14-8-11-17-23-29-35-41(3)4)39-33-27-21-15-9-12-18-24-30-36-42(5)6/h40-42H,7-39H2,1-6H3. The van der Waals surface area contributed by atoms with Crippen molar-refractivity contribution in [3.63, 3.8) is 0 Å². The summed E-state index contributed by atoms with van der Waals surface area (Å²) < 4.78 is 0. The van der Waals surface area contributed by atoms with Crippen LogP contribution >= 0.6 is 0 Å². The predicted octanol–water partition coefficient (Wildman–Crippen LogP) is 16.0. The van der Waals surface area contributed by atoms with Crippen LogP contribution in [0.25, 0.3) is 0 Å². The van der Waals surface area contributed by atoms with Crippen LogP contribution < -0.4 is 0 Å². The Hall–Kier alpha value is 0.177. The molecule has 265 valence electrons. The van der Waals surface area contributed by atoms with Gasteiger partial charge in [0.15, 0.2) is 0 Å². The summed E-state index contributed by atoms with van der Waals surface area (Å²) in [5, 5.41) is 0. The highest BCUT2D eigenvalue weighted by atomic mass is 28.4. The summed E-state index contributed by atoms with van der Waals surface area (Å²) in [6, 6.07) is 3.23. The molecule has 1 radical (unpaired) electrons. The number of unbranched alkanes of at least 4 members (excludes halogenated alkanes) is 24. The summed E-state index contributed by atoms with van der Waals surface area (Å²) in [6.07, 6.45) is 41.5.